The maximum atomic E-state index is 12.5. The molecule has 0 spiro atoms. The van der Waals surface area contributed by atoms with Gasteiger partial charge in [0.25, 0.3) is 5.91 Å². The van der Waals surface area contributed by atoms with Gasteiger partial charge in [0.15, 0.2) is 5.16 Å². The Labute approximate surface area is 154 Å². The van der Waals surface area contributed by atoms with Crippen LogP contribution in [0.25, 0.3) is 5.69 Å². The molecule has 0 bridgehead atoms. The fourth-order valence-electron chi connectivity index (χ4n) is 2.49. The molecule has 5 nitrogen and oxygen atoms in total. The van der Waals surface area contributed by atoms with Gasteiger partial charge in [-0.15, -0.1) is 0 Å². The Morgan fingerprint density at radius 2 is 2.00 bits per heavy atom. The topological polar surface area (TPSA) is 50.2 Å². The number of imidazole rings is 1. The third-order valence-corrected chi connectivity index (χ3v) is 4.26. The Kier molecular flexibility index (Phi) is 7.10. The van der Waals surface area contributed by atoms with Crippen molar-refractivity contribution in [2.24, 2.45) is 0 Å². The fraction of sp³-hybridized carbons (Fsp3) is 0.412. The van der Waals surface area contributed by atoms with Crippen LogP contribution in [0.1, 0.15) is 16.9 Å². The van der Waals surface area contributed by atoms with Crippen molar-refractivity contribution in [2.75, 3.05) is 32.9 Å². The van der Waals surface area contributed by atoms with Gasteiger partial charge in [-0.1, -0.05) is 30.0 Å². The third-order valence-electron chi connectivity index (χ3n) is 3.61. The first kappa shape index (κ1) is 20.3. The molecule has 1 aromatic heterocycles. The van der Waals surface area contributed by atoms with Gasteiger partial charge in [-0.05, 0) is 38.4 Å². The summed E-state index contributed by atoms with van der Waals surface area (Å²) in [6.45, 7) is -0.428. The molecule has 0 saturated heterocycles. The van der Waals surface area contributed by atoms with E-state index in [1.54, 1.807) is 4.57 Å². The number of carbonyl (C=O) groups is 1. The van der Waals surface area contributed by atoms with Crippen molar-refractivity contribution >= 4 is 17.7 Å². The minimum atomic E-state index is -4.21. The molecule has 1 heterocycles. The van der Waals surface area contributed by atoms with E-state index in [1.165, 1.54) is 29.9 Å². The summed E-state index contributed by atoms with van der Waals surface area (Å²) in [5, 5.41) is 3.43. The summed E-state index contributed by atoms with van der Waals surface area (Å²) < 4.78 is 38.6. The number of carbonyl (C=O) groups excluding carboxylic acids is 1. The number of rotatable bonds is 8. The van der Waals surface area contributed by atoms with Gasteiger partial charge in [-0.25, -0.2) is 4.98 Å². The van der Waals surface area contributed by atoms with Crippen LogP contribution in [0.3, 0.4) is 0 Å². The van der Waals surface area contributed by atoms with Crippen molar-refractivity contribution in [3.8, 4) is 5.69 Å². The molecule has 0 radical (unpaired) electrons. The van der Waals surface area contributed by atoms with Crippen molar-refractivity contribution in [3.63, 3.8) is 0 Å². The minimum absolute atomic E-state index is 0.244. The van der Waals surface area contributed by atoms with Crippen molar-refractivity contribution in [3.05, 3.63) is 42.2 Å². The normalized spacial score (nSPS) is 11.8. The van der Waals surface area contributed by atoms with Gasteiger partial charge in [0.2, 0.25) is 0 Å². The molecular weight excluding hydrogens is 365 g/mol. The number of thioether (sulfide) groups is 1. The average Bonchev–Trinajstić information content (AvgIpc) is 3.02. The van der Waals surface area contributed by atoms with Crippen LogP contribution >= 0.6 is 11.8 Å². The van der Waals surface area contributed by atoms with Crippen LogP contribution in [0.15, 0.2) is 41.7 Å². The van der Waals surface area contributed by atoms with Crippen molar-refractivity contribution in [2.45, 2.75) is 17.8 Å². The van der Waals surface area contributed by atoms with Gasteiger partial charge < -0.3 is 5.32 Å². The minimum Gasteiger partial charge on any atom is -0.351 e. The number of hydrogen-bond donors (Lipinski definition) is 1. The van der Waals surface area contributed by atoms with Crippen LogP contribution in [0, 0.1) is 0 Å². The molecule has 1 N–H and O–H groups in total. The van der Waals surface area contributed by atoms with Crippen LogP contribution in [0.5, 0.6) is 0 Å². The number of halogens is 3. The van der Waals surface area contributed by atoms with Gasteiger partial charge in [0.05, 0.1) is 12.7 Å². The number of nitrogens with one attached hydrogen (secondary N) is 1. The standard InChI is InChI=1S/C17H21F3N4OS/c1-23(12-17(18,19)20)10-6-9-21-15(25)14-11-22-16(26-2)24(14)13-7-4-3-5-8-13/h3-5,7-8,11H,6,9-10,12H2,1-2H3,(H,21,25). The molecule has 1 aromatic carbocycles. The molecule has 142 valence electrons. The Bertz CT molecular complexity index is 719. The maximum absolute atomic E-state index is 12.5. The van der Waals surface area contributed by atoms with E-state index >= 15 is 0 Å². The first-order valence-electron chi connectivity index (χ1n) is 8.02. The zero-order valence-electron chi connectivity index (χ0n) is 14.6. The van der Waals surface area contributed by atoms with Crippen molar-refractivity contribution in [1.82, 2.24) is 19.8 Å². The number of hydrogen-bond acceptors (Lipinski definition) is 4. The lowest BCUT2D eigenvalue weighted by Crippen LogP contribution is -2.34. The summed E-state index contributed by atoms with van der Waals surface area (Å²) in [6, 6.07) is 9.39. The highest BCUT2D eigenvalue weighted by molar-refractivity contribution is 7.98. The molecule has 0 aliphatic rings. The first-order valence-corrected chi connectivity index (χ1v) is 9.25. The summed E-state index contributed by atoms with van der Waals surface area (Å²) >= 11 is 1.42. The molecule has 2 rings (SSSR count). The van der Waals surface area contributed by atoms with Crippen molar-refractivity contribution < 1.29 is 18.0 Å². The Hall–Kier alpha value is -2.00. The van der Waals surface area contributed by atoms with Gasteiger partial charge in [-0.2, -0.15) is 13.2 Å². The molecule has 26 heavy (non-hydrogen) atoms. The van der Waals surface area contributed by atoms with Crippen LogP contribution in [-0.4, -0.2) is 59.5 Å². The maximum Gasteiger partial charge on any atom is 0.401 e. The molecule has 0 atom stereocenters. The molecule has 0 aliphatic carbocycles. The Morgan fingerprint density at radius 3 is 2.62 bits per heavy atom. The van der Waals surface area contributed by atoms with E-state index in [9.17, 15) is 18.0 Å². The van der Waals surface area contributed by atoms with Crippen LogP contribution < -0.4 is 5.32 Å². The highest BCUT2D eigenvalue weighted by Gasteiger charge is 2.28. The van der Waals surface area contributed by atoms with E-state index in [0.29, 0.717) is 17.3 Å². The fourth-order valence-corrected chi connectivity index (χ4v) is 3.04. The SMILES string of the molecule is CSc1ncc(C(=O)NCCCN(C)CC(F)(F)F)n1-c1ccccc1. The van der Waals surface area contributed by atoms with E-state index < -0.39 is 12.7 Å². The van der Waals surface area contributed by atoms with Gasteiger partial charge >= 0.3 is 6.18 Å². The number of alkyl halides is 3. The monoisotopic (exact) mass is 386 g/mol. The van der Waals surface area contributed by atoms with Crippen LogP contribution in [0.4, 0.5) is 13.2 Å². The van der Waals surface area contributed by atoms with E-state index in [4.69, 9.17) is 0 Å². The molecule has 9 heteroatoms. The summed E-state index contributed by atoms with van der Waals surface area (Å²) in [6.07, 6.45) is -0.411. The van der Waals surface area contributed by atoms with Gasteiger partial charge in [0.1, 0.15) is 5.69 Å². The number of benzene rings is 1. The Balaban J connectivity index is 1.95. The lowest BCUT2D eigenvalue weighted by atomic mass is 10.3. The molecular formula is C17H21F3N4OS. The summed E-state index contributed by atoms with van der Waals surface area (Å²) in [5.41, 5.74) is 1.22. The first-order chi connectivity index (χ1) is 12.3. The molecule has 0 aliphatic heterocycles. The van der Waals surface area contributed by atoms with Crippen LogP contribution in [0.2, 0.25) is 0 Å². The molecule has 0 fully saturated rings. The highest BCUT2D eigenvalue weighted by atomic mass is 32.2. The van der Waals surface area contributed by atoms with Gasteiger partial charge in [-0.3, -0.25) is 14.3 Å². The molecule has 1 amide bonds. The predicted molar refractivity (Wildman–Crippen MR) is 95.8 cm³/mol. The lowest BCUT2D eigenvalue weighted by Gasteiger charge is -2.18. The van der Waals surface area contributed by atoms with Crippen molar-refractivity contribution in [1.29, 1.82) is 0 Å². The quantitative estimate of drug-likeness (QED) is 0.559. The molecule has 0 unspecified atom stereocenters. The van der Waals surface area contributed by atoms with E-state index in [0.717, 1.165) is 5.69 Å². The largest absolute Gasteiger partial charge is 0.401 e. The second-order valence-electron chi connectivity index (χ2n) is 5.76. The number of para-hydroxylation sites is 1. The van der Waals surface area contributed by atoms with E-state index in [1.807, 2.05) is 36.6 Å². The summed E-state index contributed by atoms with van der Waals surface area (Å²) in [4.78, 5) is 17.9. The smallest absolute Gasteiger partial charge is 0.351 e. The summed E-state index contributed by atoms with van der Waals surface area (Å²) in [7, 11) is 1.41. The third kappa shape index (κ3) is 5.77. The second-order valence-corrected chi connectivity index (χ2v) is 6.54. The van der Waals surface area contributed by atoms with Gasteiger partial charge in [0, 0.05) is 12.2 Å². The summed E-state index contributed by atoms with van der Waals surface area (Å²) in [5.74, 6) is -0.305. The molecule has 2 aromatic rings. The molecule has 0 saturated carbocycles. The zero-order valence-corrected chi connectivity index (χ0v) is 15.4. The number of amides is 1. The van der Waals surface area contributed by atoms with E-state index in [2.05, 4.69) is 10.3 Å². The number of aromatic nitrogens is 2. The lowest BCUT2D eigenvalue weighted by molar-refractivity contribution is -0.143. The van der Waals surface area contributed by atoms with Crippen LogP contribution in [-0.2, 0) is 0 Å². The van der Waals surface area contributed by atoms with E-state index in [-0.39, 0.29) is 19.0 Å². The second kappa shape index (κ2) is 9.09. The number of nitrogens with zero attached hydrogens (tertiary/aromatic N) is 3. The Morgan fingerprint density at radius 1 is 1.31 bits per heavy atom. The highest BCUT2D eigenvalue weighted by Crippen LogP contribution is 2.21. The predicted octanol–water partition coefficient (Wildman–Crippen LogP) is 3.21. The zero-order chi connectivity index (χ0) is 19.2. The average molecular weight is 386 g/mol.